The molecule has 1 aliphatic heterocycles. The van der Waals surface area contributed by atoms with Crippen LogP contribution in [-0.2, 0) is 20.9 Å². The second kappa shape index (κ2) is 16.0. The number of benzene rings is 3. The maximum atomic E-state index is 13.1. The summed E-state index contributed by atoms with van der Waals surface area (Å²) in [7, 11) is 0. The topological polar surface area (TPSA) is 111 Å². The van der Waals surface area contributed by atoms with Crippen LogP contribution in [0.4, 0.5) is 10.5 Å². The lowest BCUT2D eigenvalue weighted by molar-refractivity contribution is -0.127. The summed E-state index contributed by atoms with van der Waals surface area (Å²) in [6.07, 6.45) is 3.17. The molecule has 1 N–H and O–H groups in total. The molecule has 230 valence electrons. The summed E-state index contributed by atoms with van der Waals surface area (Å²) in [6, 6.07) is 17.7. The number of carbonyl (C=O) groups is 4. The first kappa shape index (κ1) is 33.3. The molecule has 1 saturated heterocycles. The van der Waals surface area contributed by atoms with Gasteiger partial charge in [-0.25, -0.2) is 4.79 Å². The van der Waals surface area contributed by atoms with Crippen LogP contribution in [0.2, 0.25) is 5.02 Å². The van der Waals surface area contributed by atoms with E-state index < -0.39 is 29.6 Å². The molecule has 44 heavy (non-hydrogen) atoms. The van der Waals surface area contributed by atoms with E-state index in [1.807, 2.05) is 50.2 Å². The second-order valence-corrected chi connectivity index (χ2v) is 12.1. The van der Waals surface area contributed by atoms with Gasteiger partial charge in [-0.3, -0.25) is 19.3 Å². The van der Waals surface area contributed by atoms with Gasteiger partial charge in [0, 0.05) is 5.69 Å². The van der Waals surface area contributed by atoms with Gasteiger partial charge in [-0.05, 0) is 95.2 Å². The van der Waals surface area contributed by atoms with Crippen LogP contribution in [0, 0.1) is 3.57 Å². The normalized spacial score (nSPS) is 13.7. The molecule has 1 fully saturated rings. The Morgan fingerprint density at radius 3 is 2.55 bits per heavy atom. The number of nitrogens with one attached hydrogen (secondary N) is 1. The van der Waals surface area contributed by atoms with Crippen molar-refractivity contribution >= 4 is 80.7 Å². The van der Waals surface area contributed by atoms with Crippen LogP contribution < -0.4 is 14.8 Å². The van der Waals surface area contributed by atoms with Crippen LogP contribution in [0.3, 0.4) is 0 Å². The lowest BCUT2D eigenvalue weighted by Gasteiger charge is -2.15. The van der Waals surface area contributed by atoms with E-state index in [1.54, 1.807) is 12.1 Å². The van der Waals surface area contributed by atoms with E-state index in [0.717, 1.165) is 32.2 Å². The van der Waals surface area contributed by atoms with E-state index in [-0.39, 0.29) is 27.8 Å². The second-order valence-electron chi connectivity index (χ2n) is 9.54. The van der Waals surface area contributed by atoms with Gasteiger partial charge in [-0.1, -0.05) is 55.3 Å². The molecule has 3 aromatic rings. The van der Waals surface area contributed by atoms with E-state index in [2.05, 4.69) is 27.9 Å². The fourth-order valence-corrected chi connectivity index (χ4v) is 5.90. The number of unbranched alkanes of at least 4 members (excludes halogenated alkanes) is 1. The number of ether oxygens (including phenoxy) is 3. The highest BCUT2D eigenvalue weighted by Gasteiger charge is 2.36. The number of nitrogens with zero attached hydrogens (tertiary/aromatic N) is 1. The third-order valence-corrected chi connectivity index (χ3v) is 8.27. The monoisotopic (exact) mass is 748 g/mol. The molecule has 9 nitrogen and oxygen atoms in total. The van der Waals surface area contributed by atoms with Gasteiger partial charge >= 0.3 is 5.97 Å². The molecule has 0 aromatic heterocycles. The zero-order chi connectivity index (χ0) is 31.6. The third kappa shape index (κ3) is 8.76. The quantitative estimate of drug-likeness (QED) is 0.0826. The van der Waals surface area contributed by atoms with Crippen LogP contribution in [0.15, 0.2) is 65.6 Å². The maximum absolute atomic E-state index is 13.1. The standard InChI is InChI=1S/C32H30ClIN2O7S/c1-3-5-13-42-31(39)23-17-22(11-12-24(23)33)35-28(37)18-36-30(38)27(44-32(36)40)16-21-14-25(34)29(26(15-21)41-4-2)43-19-20-9-7-6-8-10-20/h6-12,14-17H,3-5,13,18-19H2,1-2H3,(H,35,37)/b27-16+. The van der Waals surface area contributed by atoms with E-state index in [0.29, 0.717) is 36.7 Å². The van der Waals surface area contributed by atoms with Crippen LogP contribution >= 0.6 is 46.0 Å². The van der Waals surface area contributed by atoms with Gasteiger partial charge in [0.15, 0.2) is 11.5 Å². The van der Waals surface area contributed by atoms with Crippen molar-refractivity contribution in [2.45, 2.75) is 33.3 Å². The van der Waals surface area contributed by atoms with Crippen LogP contribution in [-0.4, -0.2) is 47.7 Å². The minimum Gasteiger partial charge on any atom is -0.490 e. The molecule has 0 saturated carbocycles. The highest BCUT2D eigenvalue weighted by molar-refractivity contribution is 14.1. The Kier molecular flexibility index (Phi) is 12.1. The van der Waals surface area contributed by atoms with E-state index in [9.17, 15) is 19.2 Å². The minimum absolute atomic E-state index is 0.104. The predicted octanol–water partition coefficient (Wildman–Crippen LogP) is 7.55. The lowest BCUT2D eigenvalue weighted by atomic mass is 10.1. The number of hydrogen-bond donors (Lipinski definition) is 1. The number of hydrogen-bond acceptors (Lipinski definition) is 8. The fraction of sp³-hybridized carbons (Fsp3) is 0.250. The maximum Gasteiger partial charge on any atom is 0.339 e. The molecule has 3 amide bonds. The van der Waals surface area contributed by atoms with Gasteiger partial charge in [0.05, 0.1) is 32.3 Å². The molecule has 1 heterocycles. The zero-order valence-corrected chi connectivity index (χ0v) is 27.8. The number of rotatable bonds is 13. The molecule has 0 radical (unpaired) electrons. The van der Waals surface area contributed by atoms with Gasteiger partial charge < -0.3 is 19.5 Å². The molecule has 0 aliphatic carbocycles. The molecule has 1 aliphatic rings. The minimum atomic E-state index is -0.616. The first-order valence-electron chi connectivity index (χ1n) is 13.8. The van der Waals surface area contributed by atoms with Gasteiger partial charge in [0.2, 0.25) is 5.91 Å². The van der Waals surface area contributed by atoms with Crippen molar-refractivity contribution in [3.05, 3.63) is 90.9 Å². The molecule has 4 rings (SSSR count). The van der Waals surface area contributed by atoms with Crippen molar-refractivity contribution in [3.8, 4) is 11.5 Å². The molecule has 0 bridgehead atoms. The van der Waals surface area contributed by atoms with E-state index in [1.165, 1.54) is 18.2 Å². The molecular formula is C32H30ClIN2O7S. The molecule has 0 atom stereocenters. The molecule has 0 spiro atoms. The highest BCUT2D eigenvalue weighted by atomic mass is 127. The van der Waals surface area contributed by atoms with Gasteiger partial charge in [0.1, 0.15) is 13.2 Å². The van der Waals surface area contributed by atoms with Crippen LogP contribution in [0.1, 0.15) is 48.2 Å². The Hall–Kier alpha value is -3.55. The molecule has 3 aromatic carbocycles. The number of imide groups is 1. The number of esters is 1. The predicted molar refractivity (Wildman–Crippen MR) is 179 cm³/mol. The van der Waals surface area contributed by atoms with Crippen LogP contribution in [0.5, 0.6) is 11.5 Å². The fourth-order valence-electron chi connectivity index (χ4n) is 4.08. The van der Waals surface area contributed by atoms with Gasteiger partial charge in [0.25, 0.3) is 11.1 Å². The van der Waals surface area contributed by atoms with E-state index in [4.69, 9.17) is 25.8 Å². The Morgan fingerprint density at radius 2 is 1.82 bits per heavy atom. The average Bonchev–Trinajstić information content (AvgIpc) is 3.25. The summed E-state index contributed by atoms with van der Waals surface area (Å²) in [4.78, 5) is 52.1. The average molecular weight is 749 g/mol. The first-order chi connectivity index (χ1) is 21.2. The zero-order valence-electron chi connectivity index (χ0n) is 24.1. The molecular weight excluding hydrogens is 719 g/mol. The number of halogens is 2. The van der Waals surface area contributed by atoms with Crippen molar-refractivity contribution < 1.29 is 33.4 Å². The highest BCUT2D eigenvalue weighted by Crippen LogP contribution is 2.38. The Balaban J connectivity index is 1.44. The van der Waals surface area contributed by atoms with Crippen molar-refractivity contribution in [1.82, 2.24) is 4.90 Å². The SMILES string of the molecule is CCCCOC(=O)c1cc(NC(=O)CN2C(=O)S/C(=C/c3cc(I)c(OCc4ccccc4)c(OCC)c3)C2=O)ccc1Cl. The van der Waals surface area contributed by atoms with Gasteiger partial charge in [-0.15, -0.1) is 0 Å². The van der Waals surface area contributed by atoms with Crippen molar-refractivity contribution in [1.29, 1.82) is 0 Å². The number of carbonyl (C=O) groups excluding carboxylic acids is 4. The Morgan fingerprint density at radius 1 is 1.05 bits per heavy atom. The van der Waals surface area contributed by atoms with Crippen LogP contribution in [0.25, 0.3) is 6.08 Å². The summed E-state index contributed by atoms with van der Waals surface area (Å²) < 4.78 is 17.9. The Labute approximate surface area is 278 Å². The van der Waals surface area contributed by atoms with Crippen molar-refractivity contribution in [2.24, 2.45) is 0 Å². The number of thioether (sulfide) groups is 1. The smallest absolute Gasteiger partial charge is 0.339 e. The summed E-state index contributed by atoms with van der Waals surface area (Å²) in [5.41, 5.74) is 2.03. The number of amides is 3. The van der Waals surface area contributed by atoms with Gasteiger partial charge in [-0.2, -0.15) is 0 Å². The summed E-state index contributed by atoms with van der Waals surface area (Å²) in [5, 5.41) is 2.22. The third-order valence-electron chi connectivity index (χ3n) is 6.23. The first-order valence-corrected chi connectivity index (χ1v) is 16.1. The van der Waals surface area contributed by atoms with Crippen molar-refractivity contribution in [3.63, 3.8) is 0 Å². The van der Waals surface area contributed by atoms with E-state index >= 15 is 0 Å². The number of anilines is 1. The Bertz CT molecular complexity index is 1580. The van der Waals surface area contributed by atoms with Crippen molar-refractivity contribution in [2.75, 3.05) is 25.1 Å². The summed E-state index contributed by atoms with van der Waals surface area (Å²) in [6.45, 7) is 4.35. The lowest BCUT2D eigenvalue weighted by Crippen LogP contribution is -2.36. The summed E-state index contributed by atoms with van der Waals surface area (Å²) in [5.74, 6) is -0.721. The largest absolute Gasteiger partial charge is 0.490 e. The summed E-state index contributed by atoms with van der Waals surface area (Å²) >= 11 is 9.04. The molecule has 12 heteroatoms. The molecule has 0 unspecified atom stereocenters.